The molecule has 0 aromatic carbocycles. The smallest absolute Gasteiger partial charge is 0.305 e. The zero-order valence-corrected chi connectivity index (χ0v) is 6.04. The van der Waals surface area contributed by atoms with Crippen LogP contribution in [0.25, 0.3) is 0 Å². The molecule has 1 unspecified atom stereocenters. The molecule has 3 nitrogen and oxygen atoms in total. The molecule has 10 heavy (non-hydrogen) atoms. The number of hydrogen-bond acceptors (Lipinski definition) is 2. The van der Waals surface area contributed by atoms with E-state index in [9.17, 15) is 4.79 Å². The van der Waals surface area contributed by atoms with E-state index in [1.54, 1.807) is 7.11 Å². The van der Waals surface area contributed by atoms with Gasteiger partial charge in [0.15, 0.2) is 0 Å². The van der Waals surface area contributed by atoms with Gasteiger partial charge in [0.25, 0.3) is 0 Å². The maximum absolute atomic E-state index is 10.2. The van der Waals surface area contributed by atoms with Gasteiger partial charge in [-0.15, -0.1) is 0 Å². The van der Waals surface area contributed by atoms with Crippen LogP contribution in [0.1, 0.15) is 19.3 Å². The van der Waals surface area contributed by atoms with Crippen molar-refractivity contribution in [3.63, 3.8) is 0 Å². The second-order valence-corrected chi connectivity index (χ2v) is 2.71. The van der Waals surface area contributed by atoms with Gasteiger partial charge in [0.1, 0.15) is 0 Å². The number of hydrogen-bond donors (Lipinski definition) is 1. The highest BCUT2D eigenvalue weighted by Gasteiger charge is 2.32. The third-order valence-corrected chi connectivity index (χ3v) is 1.83. The first-order valence-corrected chi connectivity index (χ1v) is 3.48. The molecule has 0 spiro atoms. The molecule has 1 aliphatic carbocycles. The Balaban J connectivity index is 2.25. The Bertz CT molecular complexity index is 129. The summed E-state index contributed by atoms with van der Waals surface area (Å²) in [4.78, 5) is 10.2. The first-order valence-electron chi connectivity index (χ1n) is 3.48. The number of aliphatic carboxylic acids is 1. The molecule has 1 aliphatic rings. The highest BCUT2D eigenvalue weighted by atomic mass is 16.5. The Morgan fingerprint density at radius 3 is 2.70 bits per heavy atom. The second kappa shape index (κ2) is 3.01. The minimum Gasteiger partial charge on any atom is -0.481 e. The average molecular weight is 144 g/mol. The molecule has 58 valence electrons. The van der Waals surface area contributed by atoms with Crippen LogP contribution in [0.2, 0.25) is 0 Å². The van der Waals surface area contributed by atoms with E-state index in [0.29, 0.717) is 5.92 Å². The van der Waals surface area contributed by atoms with E-state index in [0.717, 1.165) is 12.8 Å². The van der Waals surface area contributed by atoms with Crippen molar-refractivity contribution in [3.8, 4) is 0 Å². The molecule has 1 N–H and O–H groups in total. The van der Waals surface area contributed by atoms with Crippen LogP contribution in [0.5, 0.6) is 0 Å². The summed E-state index contributed by atoms with van der Waals surface area (Å²) in [6, 6.07) is 0. The van der Waals surface area contributed by atoms with E-state index in [1.165, 1.54) is 0 Å². The minimum atomic E-state index is -0.765. The van der Waals surface area contributed by atoms with Crippen molar-refractivity contribution in [1.82, 2.24) is 0 Å². The first kappa shape index (κ1) is 7.54. The zero-order chi connectivity index (χ0) is 7.56. The summed E-state index contributed by atoms with van der Waals surface area (Å²) in [6.45, 7) is 0. The van der Waals surface area contributed by atoms with E-state index in [-0.39, 0.29) is 12.5 Å². The van der Waals surface area contributed by atoms with E-state index in [2.05, 4.69) is 0 Å². The molecule has 3 heteroatoms. The van der Waals surface area contributed by atoms with Crippen molar-refractivity contribution >= 4 is 5.97 Å². The van der Waals surface area contributed by atoms with Gasteiger partial charge in [-0.1, -0.05) is 0 Å². The van der Waals surface area contributed by atoms with Crippen LogP contribution in [-0.4, -0.2) is 24.3 Å². The largest absolute Gasteiger partial charge is 0.481 e. The first-order chi connectivity index (χ1) is 4.74. The number of carboxylic acids is 1. The third kappa shape index (κ3) is 1.99. The Morgan fingerprint density at radius 1 is 1.80 bits per heavy atom. The molecule has 1 atom stereocenters. The van der Waals surface area contributed by atoms with Gasteiger partial charge in [0, 0.05) is 7.11 Å². The molecule has 1 fully saturated rings. The van der Waals surface area contributed by atoms with Gasteiger partial charge in [-0.05, 0) is 18.8 Å². The number of carbonyl (C=O) groups is 1. The molecule has 0 amide bonds. The van der Waals surface area contributed by atoms with Gasteiger partial charge < -0.3 is 9.84 Å². The minimum absolute atomic E-state index is 0.0440. The average Bonchev–Trinajstić information content (AvgIpc) is 2.63. The molecule has 0 bridgehead atoms. The molecule has 0 saturated heterocycles. The number of rotatable bonds is 4. The van der Waals surface area contributed by atoms with Crippen molar-refractivity contribution in [3.05, 3.63) is 0 Å². The van der Waals surface area contributed by atoms with Crippen LogP contribution in [0.3, 0.4) is 0 Å². The van der Waals surface area contributed by atoms with Crippen LogP contribution < -0.4 is 0 Å². The van der Waals surface area contributed by atoms with E-state index in [4.69, 9.17) is 9.84 Å². The van der Waals surface area contributed by atoms with Crippen LogP contribution in [0.15, 0.2) is 0 Å². The summed E-state index contributed by atoms with van der Waals surface area (Å²) in [5, 5.41) is 8.41. The highest BCUT2D eigenvalue weighted by Crippen LogP contribution is 2.35. The van der Waals surface area contributed by atoms with Crippen LogP contribution in [0.4, 0.5) is 0 Å². The second-order valence-electron chi connectivity index (χ2n) is 2.71. The third-order valence-electron chi connectivity index (χ3n) is 1.83. The van der Waals surface area contributed by atoms with Crippen molar-refractivity contribution in [1.29, 1.82) is 0 Å². The lowest BCUT2D eigenvalue weighted by molar-refractivity contribution is -0.140. The van der Waals surface area contributed by atoms with Gasteiger partial charge in [0.05, 0.1) is 12.5 Å². The van der Waals surface area contributed by atoms with Crippen LogP contribution in [0, 0.1) is 5.92 Å². The molecular formula is C7H12O3. The van der Waals surface area contributed by atoms with Crippen molar-refractivity contribution in [2.45, 2.75) is 25.4 Å². The monoisotopic (exact) mass is 144 g/mol. The molecule has 0 aliphatic heterocycles. The SMILES string of the molecule is COC(CC(=O)O)C1CC1. The molecule has 0 heterocycles. The van der Waals surface area contributed by atoms with E-state index >= 15 is 0 Å². The fourth-order valence-electron chi connectivity index (χ4n) is 1.08. The van der Waals surface area contributed by atoms with Gasteiger partial charge >= 0.3 is 5.97 Å². The Labute approximate surface area is 60.0 Å². The maximum Gasteiger partial charge on any atom is 0.305 e. The molecule has 1 rings (SSSR count). The highest BCUT2D eigenvalue weighted by molar-refractivity contribution is 5.67. The van der Waals surface area contributed by atoms with Crippen LogP contribution in [-0.2, 0) is 9.53 Å². The Morgan fingerprint density at radius 2 is 2.40 bits per heavy atom. The van der Waals surface area contributed by atoms with Gasteiger partial charge in [-0.2, -0.15) is 0 Å². The Hall–Kier alpha value is -0.570. The van der Waals surface area contributed by atoms with Gasteiger partial charge in [-0.25, -0.2) is 0 Å². The predicted molar refractivity (Wildman–Crippen MR) is 35.8 cm³/mol. The van der Waals surface area contributed by atoms with Gasteiger partial charge in [0.2, 0.25) is 0 Å². The number of ether oxygens (including phenoxy) is 1. The molecule has 0 radical (unpaired) electrons. The maximum atomic E-state index is 10.2. The lowest BCUT2D eigenvalue weighted by Gasteiger charge is -2.10. The number of carboxylic acid groups (broad SMARTS) is 1. The van der Waals surface area contributed by atoms with Crippen LogP contribution >= 0.6 is 0 Å². The predicted octanol–water partition coefficient (Wildman–Crippen LogP) is 0.886. The fourth-order valence-corrected chi connectivity index (χ4v) is 1.08. The molecule has 0 aromatic heterocycles. The Kier molecular flexibility index (Phi) is 2.27. The lowest BCUT2D eigenvalue weighted by atomic mass is 10.2. The topological polar surface area (TPSA) is 46.5 Å². The fraction of sp³-hybridized carbons (Fsp3) is 0.857. The standard InChI is InChI=1S/C7H12O3/c1-10-6(4-7(8)9)5-2-3-5/h5-6H,2-4H2,1H3,(H,8,9). The van der Waals surface area contributed by atoms with Crippen molar-refractivity contribution < 1.29 is 14.6 Å². The summed E-state index contributed by atoms with van der Waals surface area (Å²) >= 11 is 0. The molecule has 1 saturated carbocycles. The summed E-state index contributed by atoms with van der Waals surface area (Å²) < 4.78 is 5.00. The quantitative estimate of drug-likeness (QED) is 0.637. The van der Waals surface area contributed by atoms with Crippen molar-refractivity contribution in [2.75, 3.05) is 7.11 Å². The lowest BCUT2D eigenvalue weighted by Crippen LogP contribution is -2.17. The van der Waals surface area contributed by atoms with E-state index in [1.807, 2.05) is 0 Å². The summed E-state index contributed by atoms with van der Waals surface area (Å²) in [6.07, 6.45) is 2.37. The van der Waals surface area contributed by atoms with E-state index < -0.39 is 5.97 Å². The normalized spacial score (nSPS) is 20.5. The number of methoxy groups -OCH3 is 1. The van der Waals surface area contributed by atoms with Crippen molar-refractivity contribution in [2.24, 2.45) is 5.92 Å². The summed E-state index contributed by atoms with van der Waals surface area (Å²) in [7, 11) is 1.58. The molecule has 0 aromatic rings. The van der Waals surface area contributed by atoms with Gasteiger partial charge in [-0.3, -0.25) is 4.79 Å². The summed E-state index contributed by atoms with van der Waals surface area (Å²) in [5.41, 5.74) is 0. The zero-order valence-electron chi connectivity index (χ0n) is 6.04. The molecular weight excluding hydrogens is 132 g/mol. The summed E-state index contributed by atoms with van der Waals surface area (Å²) in [5.74, 6) is -0.250.